The van der Waals surface area contributed by atoms with Crippen LogP contribution in [0.2, 0.25) is 0 Å². The fourth-order valence-corrected chi connectivity index (χ4v) is 1.79. The molecule has 0 saturated heterocycles. The number of carbonyl (C=O) groups excluding carboxylic acids is 1. The second-order valence-corrected chi connectivity index (χ2v) is 4.22. The normalized spacial score (nSPS) is 21.7. The van der Waals surface area contributed by atoms with Crippen molar-refractivity contribution in [3.63, 3.8) is 0 Å². The van der Waals surface area contributed by atoms with Gasteiger partial charge in [-0.1, -0.05) is 12.1 Å². The number of alkyl halides is 4. The van der Waals surface area contributed by atoms with Crippen molar-refractivity contribution >= 4 is 5.91 Å². The molecule has 4 nitrogen and oxygen atoms in total. The van der Waals surface area contributed by atoms with Gasteiger partial charge in [-0.3, -0.25) is 10.2 Å². The highest BCUT2D eigenvalue weighted by Crippen LogP contribution is 2.31. The third kappa shape index (κ3) is 2.56. The lowest BCUT2D eigenvalue weighted by Crippen LogP contribution is -2.56. The van der Waals surface area contributed by atoms with E-state index < -0.39 is 41.6 Å². The molecule has 1 aliphatic heterocycles. The van der Waals surface area contributed by atoms with Gasteiger partial charge in [0.25, 0.3) is 18.8 Å². The highest BCUT2D eigenvalue weighted by Gasteiger charge is 2.51. The molecule has 1 heterocycles. The molecule has 0 saturated carbocycles. The maximum atomic E-state index is 13.5. The minimum atomic E-state index is -3.57. The second-order valence-electron chi connectivity index (χ2n) is 4.22. The van der Waals surface area contributed by atoms with Crippen molar-refractivity contribution in [2.75, 3.05) is 0 Å². The summed E-state index contributed by atoms with van der Waals surface area (Å²) >= 11 is 0. The lowest BCUT2D eigenvalue weighted by atomic mass is 10.1. The first-order valence-corrected chi connectivity index (χ1v) is 5.64. The average molecular weight is 308 g/mol. The van der Waals surface area contributed by atoms with Crippen LogP contribution in [0.4, 0.5) is 22.0 Å². The number of halogens is 5. The maximum Gasteiger partial charge on any atom is 0.291 e. The predicted octanol–water partition coefficient (Wildman–Crippen LogP) is 1.89. The van der Waals surface area contributed by atoms with Crippen molar-refractivity contribution in [1.82, 2.24) is 10.4 Å². The van der Waals surface area contributed by atoms with Crippen LogP contribution < -0.4 is 5.43 Å². The molecular weight excluding hydrogens is 299 g/mol. The molecule has 0 radical (unpaired) electrons. The van der Waals surface area contributed by atoms with Crippen LogP contribution in [0.3, 0.4) is 0 Å². The summed E-state index contributed by atoms with van der Waals surface area (Å²) < 4.78 is 64.5. The quantitative estimate of drug-likeness (QED) is 0.839. The molecule has 1 aromatic carbocycles. The largest absolute Gasteiger partial charge is 0.361 e. The molecule has 1 aromatic rings. The number of rotatable bonds is 3. The van der Waals surface area contributed by atoms with Gasteiger partial charge in [0, 0.05) is 6.08 Å². The molecule has 9 heteroatoms. The van der Waals surface area contributed by atoms with Crippen LogP contribution in [-0.2, 0) is 0 Å². The molecule has 1 unspecified atom stereocenters. The number of hydrogen-bond acceptors (Lipinski definition) is 3. The van der Waals surface area contributed by atoms with E-state index in [1.54, 1.807) is 5.43 Å². The zero-order chi connectivity index (χ0) is 15.8. The fraction of sp³-hybridized carbons (Fsp3) is 0.250. The Hall–Kier alpha value is -2.16. The van der Waals surface area contributed by atoms with Gasteiger partial charge in [-0.2, -0.15) is 0 Å². The molecular formula is C12H9F5N2O2. The Balaban J connectivity index is 2.40. The van der Waals surface area contributed by atoms with E-state index in [-0.39, 0.29) is 11.1 Å². The molecule has 0 bridgehead atoms. The van der Waals surface area contributed by atoms with Crippen LogP contribution in [0.15, 0.2) is 36.0 Å². The smallest absolute Gasteiger partial charge is 0.291 e. The standard InChI is InChI=1S/C12H9F5N2O2/c13-7-4-2-1-3-6(7)10(20)19-12(21,11(16)17)5-8(18-19)9(14)15/h1-5,9,11,18,21H. The summed E-state index contributed by atoms with van der Waals surface area (Å²) in [6, 6.07) is 4.39. The number of carbonyl (C=O) groups is 1. The Bertz CT molecular complexity index is 593. The number of amides is 1. The lowest BCUT2D eigenvalue weighted by Gasteiger charge is -2.31. The SMILES string of the molecule is O=C(c1ccccc1F)N1NC(C(F)F)=CC1(O)C(F)F. The maximum absolute atomic E-state index is 13.5. The van der Waals surface area contributed by atoms with Gasteiger partial charge in [0.05, 0.1) is 11.3 Å². The van der Waals surface area contributed by atoms with Gasteiger partial charge in [0.1, 0.15) is 5.82 Å². The summed E-state index contributed by atoms with van der Waals surface area (Å²) in [6.07, 6.45) is -6.65. The molecule has 0 aromatic heterocycles. The average Bonchev–Trinajstić information content (AvgIpc) is 2.78. The van der Waals surface area contributed by atoms with Gasteiger partial charge >= 0.3 is 0 Å². The number of nitrogens with zero attached hydrogens (tertiary/aromatic N) is 1. The molecule has 2 rings (SSSR count). The van der Waals surface area contributed by atoms with E-state index in [2.05, 4.69) is 0 Å². The number of aliphatic hydroxyl groups is 1. The monoisotopic (exact) mass is 308 g/mol. The van der Waals surface area contributed by atoms with E-state index in [9.17, 15) is 31.9 Å². The van der Waals surface area contributed by atoms with Crippen molar-refractivity contribution in [1.29, 1.82) is 0 Å². The van der Waals surface area contributed by atoms with E-state index in [1.807, 2.05) is 0 Å². The van der Waals surface area contributed by atoms with E-state index in [4.69, 9.17) is 0 Å². The van der Waals surface area contributed by atoms with Crippen LogP contribution in [0.5, 0.6) is 0 Å². The van der Waals surface area contributed by atoms with Crippen molar-refractivity contribution in [3.8, 4) is 0 Å². The van der Waals surface area contributed by atoms with Gasteiger partial charge in [0.15, 0.2) is 0 Å². The number of allylic oxidation sites excluding steroid dienone is 1. The lowest BCUT2D eigenvalue weighted by molar-refractivity contribution is -0.147. The number of hydrogen-bond donors (Lipinski definition) is 2. The molecule has 1 amide bonds. The van der Waals surface area contributed by atoms with Gasteiger partial charge in [0.2, 0.25) is 5.72 Å². The van der Waals surface area contributed by atoms with Crippen molar-refractivity contribution in [2.45, 2.75) is 18.6 Å². The molecule has 1 aliphatic rings. The summed E-state index contributed by atoms with van der Waals surface area (Å²) in [5, 5.41) is 9.62. The Labute approximate surface area is 115 Å². The summed E-state index contributed by atoms with van der Waals surface area (Å²) in [7, 11) is 0. The highest BCUT2D eigenvalue weighted by atomic mass is 19.3. The van der Waals surface area contributed by atoms with Crippen LogP contribution in [-0.4, -0.2) is 34.6 Å². The number of benzene rings is 1. The Kier molecular flexibility index (Phi) is 3.86. The molecule has 114 valence electrons. The molecule has 0 fully saturated rings. The van der Waals surface area contributed by atoms with Crippen molar-refractivity contribution in [2.24, 2.45) is 0 Å². The van der Waals surface area contributed by atoms with Gasteiger partial charge in [-0.15, -0.1) is 0 Å². The minimum Gasteiger partial charge on any atom is -0.361 e. The van der Waals surface area contributed by atoms with Gasteiger partial charge in [-0.25, -0.2) is 27.0 Å². The van der Waals surface area contributed by atoms with Crippen LogP contribution in [0, 0.1) is 5.82 Å². The van der Waals surface area contributed by atoms with Gasteiger partial charge < -0.3 is 5.11 Å². The minimum absolute atomic E-state index is 0.114. The van der Waals surface area contributed by atoms with Gasteiger partial charge in [-0.05, 0) is 12.1 Å². The predicted molar refractivity (Wildman–Crippen MR) is 60.7 cm³/mol. The van der Waals surface area contributed by atoms with Crippen molar-refractivity contribution < 1.29 is 31.9 Å². The van der Waals surface area contributed by atoms with E-state index in [0.29, 0.717) is 0 Å². The first-order valence-electron chi connectivity index (χ1n) is 5.64. The zero-order valence-electron chi connectivity index (χ0n) is 10.2. The second kappa shape index (κ2) is 5.32. The van der Waals surface area contributed by atoms with Crippen LogP contribution in [0.25, 0.3) is 0 Å². The van der Waals surface area contributed by atoms with E-state index in [0.717, 1.165) is 12.1 Å². The Morgan fingerprint density at radius 1 is 1.24 bits per heavy atom. The Morgan fingerprint density at radius 3 is 2.38 bits per heavy atom. The third-order valence-corrected chi connectivity index (χ3v) is 2.83. The molecule has 1 atom stereocenters. The molecule has 0 aliphatic carbocycles. The Morgan fingerprint density at radius 2 is 1.86 bits per heavy atom. The topological polar surface area (TPSA) is 52.6 Å². The van der Waals surface area contributed by atoms with Crippen molar-refractivity contribution in [3.05, 3.63) is 47.4 Å². The third-order valence-electron chi connectivity index (χ3n) is 2.83. The molecule has 21 heavy (non-hydrogen) atoms. The first kappa shape index (κ1) is 15.2. The highest BCUT2D eigenvalue weighted by molar-refractivity contribution is 5.95. The number of nitrogens with one attached hydrogen (secondary N) is 1. The number of hydrazine groups is 1. The van der Waals surface area contributed by atoms with Crippen LogP contribution in [0.1, 0.15) is 10.4 Å². The molecule has 0 spiro atoms. The first-order chi connectivity index (χ1) is 9.77. The summed E-state index contributed by atoms with van der Waals surface area (Å²) in [5.41, 5.74) is -3.31. The summed E-state index contributed by atoms with van der Waals surface area (Å²) in [6.45, 7) is 0. The zero-order valence-corrected chi connectivity index (χ0v) is 10.2. The summed E-state index contributed by atoms with van der Waals surface area (Å²) in [4.78, 5) is 12.0. The van der Waals surface area contributed by atoms with Crippen LogP contribution >= 0.6 is 0 Å². The summed E-state index contributed by atoms with van der Waals surface area (Å²) in [5.74, 6) is -2.44. The van der Waals surface area contributed by atoms with E-state index >= 15 is 0 Å². The fourth-order valence-electron chi connectivity index (χ4n) is 1.79. The van der Waals surface area contributed by atoms with E-state index in [1.165, 1.54) is 12.1 Å². The molecule has 2 N–H and O–H groups in total.